The third-order valence-corrected chi connectivity index (χ3v) is 6.19. The van der Waals surface area contributed by atoms with Crippen LogP contribution in [0.15, 0.2) is 41.5 Å². The average Bonchev–Trinajstić information content (AvgIpc) is 2.68. The van der Waals surface area contributed by atoms with E-state index in [-0.39, 0.29) is 17.5 Å². The summed E-state index contributed by atoms with van der Waals surface area (Å²) in [7, 11) is 0. The fourth-order valence-electron chi connectivity index (χ4n) is 3.96. The summed E-state index contributed by atoms with van der Waals surface area (Å²) in [6, 6.07) is 6.09. The first-order valence-electron chi connectivity index (χ1n) is 10.0. The summed E-state index contributed by atoms with van der Waals surface area (Å²) in [5.41, 5.74) is 5.05. The maximum Gasteiger partial charge on any atom is 0.187 e. The van der Waals surface area contributed by atoms with Crippen molar-refractivity contribution in [3.63, 3.8) is 0 Å². The van der Waals surface area contributed by atoms with Crippen LogP contribution in [-0.4, -0.2) is 26.6 Å². The van der Waals surface area contributed by atoms with Gasteiger partial charge in [0, 0.05) is 31.0 Å². The van der Waals surface area contributed by atoms with E-state index in [9.17, 15) is 9.90 Å². The SMILES string of the molecule is CCc1cc(C)cc(CC)c1C1=C(O)CC(CCSc2ncccn2)CC1=O. The van der Waals surface area contributed by atoms with Gasteiger partial charge in [-0.05, 0) is 54.9 Å². The molecular formula is C23H28N2O2S. The van der Waals surface area contributed by atoms with Crippen molar-refractivity contribution in [3.05, 3.63) is 58.6 Å². The van der Waals surface area contributed by atoms with Crippen LogP contribution in [0.1, 0.15) is 55.4 Å². The zero-order valence-corrected chi connectivity index (χ0v) is 17.7. The first-order chi connectivity index (χ1) is 13.5. The summed E-state index contributed by atoms with van der Waals surface area (Å²) in [6.07, 6.45) is 7.10. The molecule has 0 spiro atoms. The molecule has 1 aromatic carbocycles. The molecule has 148 valence electrons. The Morgan fingerprint density at radius 3 is 2.32 bits per heavy atom. The first-order valence-corrected chi connectivity index (χ1v) is 11.0. The Morgan fingerprint density at radius 1 is 1.11 bits per heavy atom. The lowest BCUT2D eigenvalue weighted by molar-refractivity contribution is -0.115. The zero-order valence-electron chi connectivity index (χ0n) is 16.9. The van der Waals surface area contributed by atoms with Crippen LogP contribution in [0.2, 0.25) is 0 Å². The van der Waals surface area contributed by atoms with Crippen molar-refractivity contribution < 1.29 is 9.90 Å². The number of carbonyl (C=O) groups excluding carboxylic acids is 1. The highest BCUT2D eigenvalue weighted by Crippen LogP contribution is 2.37. The Bertz CT molecular complexity index is 852. The number of ketones is 1. The number of aromatic nitrogens is 2. The third kappa shape index (κ3) is 4.64. The van der Waals surface area contributed by atoms with Gasteiger partial charge in [-0.2, -0.15) is 0 Å². The summed E-state index contributed by atoms with van der Waals surface area (Å²) < 4.78 is 0. The van der Waals surface area contributed by atoms with Gasteiger partial charge in [0.2, 0.25) is 0 Å². The molecule has 1 aliphatic carbocycles. The van der Waals surface area contributed by atoms with Crippen LogP contribution in [0, 0.1) is 12.8 Å². The molecule has 0 bridgehead atoms. The highest BCUT2D eigenvalue weighted by atomic mass is 32.2. The molecule has 0 radical (unpaired) electrons. The molecule has 1 aromatic heterocycles. The lowest BCUT2D eigenvalue weighted by atomic mass is 9.79. The largest absolute Gasteiger partial charge is 0.512 e. The number of thioether (sulfide) groups is 1. The molecule has 0 saturated heterocycles. The van der Waals surface area contributed by atoms with Crippen molar-refractivity contribution in [2.75, 3.05) is 5.75 Å². The van der Waals surface area contributed by atoms with Gasteiger partial charge in [0.25, 0.3) is 0 Å². The molecule has 1 atom stereocenters. The molecule has 1 N–H and O–H groups in total. The van der Waals surface area contributed by atoms with Crippen LogP contribution in [0.5, 0.6) is 0 Å². The molecule has 5 heteroatoms. The molecule has 4 nitrogen and oxygen atoms in total. The maximum absolute atomic E-state index is 13.0. The number of aryl methyl sites for hydroxylation is 3. The van der Waals surface area contributed by atoms with E-state index in [1.165, 1.54) is 5.56 Å². The molecule has 1 unspecified atom stereocenters. The van der Waals surface area contributed by atoms with Crippen LogP contribution in [0.25, 0.3) is 5.57 Å². The van der Waals surface area contributed by atoms with Crippen LogP contribution >= 0.6 is 11.8 Å². The van der Waals surface area contributed by atoms with E-state index in [0.717, 1.165) is 46.9 Å². The smallest absolute Gasteiger partial charge is 0.187 e. The Kier molecular flexibility index (Phi) is 6.89. The van der Waals surface area contributed by atoms with E-state index in [1.54, 1.807) is 30.2 Å². The van der Waals surface area contributed by atoms with E-state index in [4.69, 9.17) is 0 Å². The van der Waals surface area contributed by atoms with Gasteiger partial charge < -0.3 is 5.11 Å². The predicted octanol–water partition coefficient (Wildman–Crippen LogP) is 5.34. The van der Waals surface area contributed by atoms with E-state index in [0.29, 0.717) is 18.4 Å². The first kappa shape index (κ1) is 20.6. The van der Waals surface area contributed by atoms with Gasteiger partial charge >= 0.3 is 0 Å². The summed E-state index contributed by atoms with van der Waals surface area (Å²) in [5, 5.41) is 11.6. The van der Waals surface area contributed by atoms with Crippen molar-refractivity contribution >= 4 is 23.1 Å². The molecule has 0 aliphatic heterocycles. The second-order valence-electron chi connectivity index (χ2n) is 7.35. The van der Waals surface area contributed by atoms with Crippen molar-refractivity contribution in [3.8, 4) is 0 Å². The van der Waals surface area contributed by atoms with Crippen molar-refractivity contribution in [2.45, 2.75) is 58.0 Å². The quantitative estimate of drug-likeness (QED) is 0.505. The van der Waals surface area contributed by atoms with E-state index >= 15 is 0 Å². The highest BCUT2D eigenvalue weighted by molar-refractivity contribution is 7.99. The fraction of sp³-hybridized carbons (Fsp3) is 0.435. The van der Waals surface area contributed by atoms with Gasteiger partial charge in [-0.1, -0.05) is 43.3 Å². The Hall–Kier alpha value is -2.14. The number of aliphatic hydroxyl groups is 1. The normalized spacial score (nSPS) is 17.2. The molecular weight excluding hydrogens is 368 g/mol. The maximum atomic E-state index is 13.0. The summed E-state index contributed by atoms with van der Waals surface area (Å²) in [6.45, 7) is 6.30. The number of hydrogen-bond acceptors (Lipinski definition) is 5. The van der Waals surface area contributed by atoms with E-state index in [2.05, 4.69) is 42.9 Å². The van der Waals surface area contributed by atoms with Crippen LogP contribution in [0.4, 0.5) is 0 Å². The number of benzene rings is 1. The minimum atomic E-state index is 0.0722. The monoisotopic (exact) mass is 396 g/mol. The van der Waals surface area contributed by atoms with Gasteiger partial charge in [0.1, 0.15) is 5.76 Å². The van der Waals surface area contributed by atoms with Gasteiger partial charge in [0.05, 0.1) is 5.57 Å². The number of carbonyl (C=O) groups is 1. The van der Waals surface area contributed by atoms with Crippen molar-refractivity contribution in [1.82, 2.24) is 9.97 Å². The van der Waals surface area contributed by atoms with E-state index in [1.807, 2.05) is 0 Å². The fourth-order valence-corrected chi connectivity index (χ4v) is 4.86. The number of aliphatic hydroxyl groups excluding tert-OH is 1. The summed E-state index contributed by atoms with van der Waals surface area (Å²) in [4.78, 5) is 21.4. The second kappa shape index (κ2) is 9.37. The standard InChI is InChI=1S/C23H28N2O2S/c1-4-17-11-15(3)12-18(5-2)21(17)22-19(26)13-16(14-20(22)27)7-10-28-23-24-8-6-9-25-23/h6,8-9,11-12,16,26H,4-5,7,10,13-14H2,1-3H3. The number of allylic oxidation sites excluding steroid dienone is 2. The molecule has 1 heterocycles. The molecule has 0 saturated carbocycles. The van der Waals surface area contributed by atoms with Gasteiger partial charge in [-0.3, -0.25) is 4.79 Å². The van der Waals surface area contributed by atoms with Crippen LogP contribution in [-0.2, 0) is 17.6 Å². The zero-order chi connectivity index (χ0) is 20.1. The lowest BCUT2D eigenvalue weighted by Gasteiger charge is -2.26. The number of hydrogen-bond donors (Lipinski definition) is 1. The number of nitrogens with zero attached hydrogens (tertiary/aromatic N) is 2. The van der Waals surface area contributed by atoms with Crippen LogP contribution in [0.3, 0.4) is 0 Å². The van der Waals surface area contributed by atoms with Crippen molar-refractivity contribution in [2.24, 2.45) is 5.92 Å². The molecule has 0 fully saturated rings. The lowest BCUT2D eigenvalue weighted by Crippen LogP contribution is -2.21. The number of Topliss-reactive ketones (excluding diaryl/α,β-unsaturated/α-hetero) is 1. The Labute approximate surface area is 171 Å². The Morgan fingerprint density at radius 2 is 1.75 bits per heavy atom. The minimum absolute atomic E-state index is 0.0722. The third-order valence-electron chi connectivity index (χ3n) is 5.28. The van der Waals surface area contributed by atoms with Gasteiger partial charge in [0.15, 0.2) is 10.9 Å². The van der Waals surface area contributed by atoms with Gasteiger partial charge in [-0.15, -0.1) is 0 Å². The summed E-state index contributed by atoms with van der Waals surface area (Å²) in [5.74, 6) is 1.35. The molecule has 28 heavy (non-hydrogen) atoms. The topological polar surface area (TPSA) is 63.1 Å². The van der Waals surface area contributed by atoms with Crippen LogP contribution < -0.4 is 0 Å². The highest BCUT2D eigenvalue weighted by Gasteiger charge is 2.30. The summed E-state index contributed by atoms with van der Waals surface area (Å²) >= 11 is 1.60. The van der Waals surface area contributed by atoms with Gasteiger partial charge in [-0.25, -0.2) is 9.97 Å². The molecule has 0 amide bonds. The molecule has 2 aromatic rings. The molecule has 1 aliphatic rings. The second-order valence-corrected chi connectivity index (χ2v) is 8.41. The Balaban J connectivity index is 1.78. The van der Waals surface area contributed by atoms with E-state index < -0.39 is 0 Å². The minimum Gasteiger partial charge on any atom is -0.512 e. The molecule has 3 rings (SSSR count). The average molecular weight is 397 g/mol. The number of rotatable bonds is 7. The van der Waals surface area contributed by atoms with Crippen molar-refractivity contribution in [1.29, 1.82) is 0 Å². The predicted molar refractivity (Wildman–Crippen MR) is 115 cm³/mol.